The van der Waals surface area contributed by atoms with Crippen molar-refractivity contribution in [1.29, 1.82) is 0 Å². The van der Waals surface area contributed by atoms with Crippen molar-refractivity contribution in [2.75, 3.05) is 6.61 Å². The van der Waals surface area contributed by atoms with Crippen LogP contribution in [0, 0.1) is 6.92 Å². The van der Waals surface area contributed by atoms with Gasteiger partial charge in [-0.2, -0.15) is 12.8 Å². The number of carboxylic acids is 1. The zero-order chi connectivity index (χ0) is 14.0. The number of aliphatic carboxylic acids is 1. The fourth-order valence-corrected chi connectivity index (χ4v) is 2.50. The molecule has 1 aliphatic heterocycles. The normalized spacial score (nSPS) is 16.7. The van der Waals surface area contributed by atoms with Gasteiger partial charge in [0, 0.05) is 0 Å². The number of nitrogens with zero attached hydrogens (tertiary/aromatic N) is 1. The molecule has 0 atom stereocenters. The van der Waals surface area contributed by atoms with Crippen LogP contribution in [-0.2, 0) is 14.8 Å². The molecule has 0 saturated carbocycles. The van der Waals surface area contributed by atoms with Crippen LogP contribution in [0.2, 0.25) is 0 Å². The van der Waals surface area contributed by atoms with E-state index in [4.69, 9.17) is 9.84 Å². The van der Waals surface area contributed by atoms with Crippen molar-refractivity contribution in [1.82, 2.24) is 0 Å². The van der Waals surface area contributed by atoms with E-state index in [2.05, 4.69) is 4.40 Å². The van der Waals surface area contributed by atoms with Crippen molar-refractivity contribution < 1.29 is 23.1 Å². The summed E-state index contributed by atoms with van der Waals surface area (Å²) < 4.78 is 31.7. The van der Waals surface area contributed by atoms with Gasteiger partial charge < -0.3 is 9.84 Å². The topological polar surface area (TPSA) is 93.0 Å². The molecule has 6 nitrogen and oxygen atoms in total. The summed E-state index contributed by atoms with van der Waals surface area (Å²) in [7, 11) is -3.92. The van der Waals surface area contributed by atoms with E-state index in [-0.39, 0.29) is 11.5 Å². The number of carboxylic acid groups (broad SMARTS) is 1. The number of aryl methyl sites for hydroxylation is 1. The van der Waals surface area contributed by atoms with Gasteiger partial charge in [-0.05, 0) is 24.6 Å². The Balaban J connectivity index is 2.16. The molecule has 0 unspecified atom stereocenters. The summed E-state index contributed by atoms with van der Waals surface area (Å²) in [5.41, 5.74) is 0.362. The second-order valence-corrected chi connectivity index (χ2v) is 5.58. The molecule has 1 aliphatic rings. The van der Waals surface area contributed by atoms with Crippen LogP contribution in [0.4, 0.5) is 0 Å². The Labute approximate surface area is 110 Å². The Morgan fingerprint density at radius 1 is 1.37 bits per heavy atom. The van der Waals surface area contributed by atoms with Crippen molar-refractivity contribution in [3.8, 4) is 5.75 Å². The summed E-state index contributed by atoms with van der Waals surface area (Å²) in [4.78, 5) is 10.5. The average Bonchev–Trinajstić information content (AvgIpc) is 2.64. The molecule has 7 heteroatoms. The van der Waals surface area contributed by atoms with Crippen LogP contribution in [0.3, 0.4) is 0 Å². The fourth-order valence-electron chi connectivity index (χ4n) is 1.53. The van der Waals surface area contributed by atoms with Crippen LogP contribution in [0.15, 0.2) is 39.6 Å². The standard InChI is InChI=1S/C12H11NO5S/c1-8-4-2-3-5-11(8)18-7-9-6-10(12(14)15)13-19(9,16)17/h2-6H,7H2,1H3,(H,14,15). The highest BCUT2D eigenvalue weighted by atomic mass is 32.2. The molecule has 0 radical (unpaired) electrons. The molecule has 0 bridgehead atoms. The molecule has 0 saturated heterocycles. The van der Waals surface area contributed by atoms with Gasteiger partial charge in [0.1, 0.15) is 17.3 Å². The molecule has 100 valence electrons. The third kappa shape index (κ3) is 2.82. The lowest BCUT2D eigenvalue weighted by molar-refractivity contribution is -0.129. The Hall–Kier alpha value is -2.15. The highest BCUT2D eigenvalue weighted by Crippen LogP contribution is 2.21. The van der Waals surface area contributed by atoms with E-state index in [9.17, 15) is 13.2 Å². The van der Waals surface area contributed by atoms with Gasteiger partial charge in [0.2, 0.25) is 0 Å². The van der Waals surface area contributed by atoms with Crippen molar-refractivity contribution in [3.63, 3.8) is 0 Å². The zero-order valence-electron chi connectivity index (χ0n) is 10.0. The van der Waals surface area contributed by atoms with E-state index in [1.54, 1.807) is 12.1 Å². The quantitative estimate of drug-likeness (QED) is 0.892. The third-order valence-electron chi connectivity index (χ3n) is 2.53. The van der Waals surface area contributed by atoms with Gasteiger partial charge in [0.05, 0.1) is 0 Å². The minimum Gasteiger partial charge on any atom is -0.488 e. The van der Waals surface area contributed by atoms with Crippen molar-refractivity contribution in [2.45, 2.75) is 6.92 Å². The maximum atomic E-state index is 11.6. The maximum absolute atomic E-state index is 11.6. The smallest absolute Gasteiger partial charge is 0.355 e. The largest absolute Gasteiger partial charge is 0.488 e. The average molecular weight is 281 g/mol. The number of hydrogen-bond acceptors (Lipinski definition) is 4. The lowest BCUT2D eigenvalue weighted by atomic mass is 10.2. The van der Waals surface area contributed by atoms with Crippen LogP contribution in [-0.4, -0.2) is 31.8 Å². The Morgan fingerprint density at radius 2 is 2.05 bits per heavy atom. The highest BCUT2D eigenvalue weighted by Gasteiger charge is 2.28. The first-order chi connectivity index (χ1) is 8.90. The van der Waals surface area contributed by atoms with Gasteiger partial charge in [-0.25, -0.2) is 4.79 Å². The summed E-state index contributed by atoms with van der Waals surface area (Å²) in [6.07, 6.45) is 1.01. The van der Waals surface area contributed by atoms with Gasteiger partial charge in [-0.3, -0.25) is 0 Å². The van der Waals surface area contributed by atoms with E-state index < -0.39 is 21.7 Å². The zero-order valence-corrected chi connectivity index (χ0v) is 10.8. The molecular weight excluding hydrogens is 270 g/mol. The number of rotatable bonds is 4. The number of para-hydroxylation sites is 1. The first kappa shape index (κ1) is 13.3. The van der Waals surface area contributed by atoms with E-state index in [1.165, 1.54) is 0 Å². The van der Waals surface area contributed by atoms with Crippen LogP contribution in [0.25, 0.3) is 0 Å². The molecule has 0 aliphatic carbocycles. The van der Waals surface area contributed by atoms with E-state index >= 15 is 0 Å². The second kappa shape index (κ2) is 4.85. The summed E-state index contributed by atoms with van der Waals surface area (Å²) in [5, 5.41) is 8.71. The highest BCUT2D eigenvalue weighted by molar-refractivity contribution is 7.94. The Bertz CT molecular complexity index is 688. The van der Waals surface area contributed by atoms with Crippen molar-refractivity contribution in [3.05, 3.63) is 40.8 Å². The van der Waals surface area contributed by atoms with E-state index in [0.717, 1.165) is 11.6 Å². The molecule has 0 spiro atoms. The molecule has 2 rings (SSSR count). The van der Waals surface area contributed by atoms with Gasteiger partial charge in [-0.15, -0.1) is 0 Å². The SMILES string of the molecule is Cc1ccccc1OCC1=CC(C(=O)O)=NS1(=O)=O. The number of ether oxygens (including phenoxy) is 1. The summed E-state index contributed by atoms with van der Waals surface area (Å²) in [5.74, 6) is -0.836. The molecule has 0 amide bonds. The molecule has 19 heavy (non-hydrogen) atoms. The van der Waals surface area contributed by atoms with Gasteiger partial charge in [0.25, 0.3) is 10.0 Å². The first-order valence-corrected chi connectivity index (χ1v) is 6.81. The van der Waals surface area contributed by atoms with Crippen LogP contribution in [0.1, 0.15) is 5.56 Å². The second-order valence-electron chi connectivity index (χ2n) is 3.92. The van der Waals surface area contributed by atoms with Crippen molar-refractivity contribution >= 4 is 21.7 Å². The van der Waals surface area contributed by atoms with Crippen LogP contribution >= 0.6 is 0 Å². The van der Waals surface area contributed by atoms with Crippen molar-refractivity contribution in [2.24, 2.45) is 4.40 Å². The number of hydrogen-bond donors (Lipinski definition) is 1. The molecule has 0 fully saturated rings. The molecular formula is C12H11NO5S. The monoisotopic (exact) mass is 281 g/mol. The Kier molecular flexibility index (Phi) is 3.39. The number of benzene rings is 1. The lowest BCUT2D eigenvalue weighted by Crippen LogP contribution is -2.08. The minimum atomic E-state index is -3.92. The van der Waals surface area contributed by atoms with Crippen LogP contribution < -0.4 is 4.74 Å². The third-order valence-corrected chi connectivity index (χ3v) is 3.87. The molecule has 1 aromatic rings. The van der Waals surface area contributed by atoms with Gasteiger partial charge in [-0.1, -0.05) is 18.2 Å². The number of carbonyl (C=O) groups is 1. The number of sulfonamides is 1. The summed E-state index contributed by atoms with van der Waals surface area (Å²) in [6, 6.07) is 7.13. The van der Waals surface area contributed by atoms with E-state index in [0.29, 0.717) is 5.75 Å². The van der Waals surface area contributed by atoms with Gasteiger partial charge in [0.15, 0.2) is 5.71 Å². The summed E-state index contributed by atoms with van der Waals surface area (Å²) >= 11 is 0. The lowest BCUT2D eigenvalue weighted by Gasteiger charge is -2.08. The van der Waals surface area contributed by atoms with E-state index in [1.807, 2.05) is 19.1 Å². The fraction of sp³-hybridized carbons (Fsp3) is 0.167. The first-order valence-electron chi connectivity index (χ1n) is 5.37. The minimum absolute atomic E-state index is 0.159. The summed E-state index contributed by atoms with van der Waals surface area (Å²) in [6.45, 7) is 1.58. The maximum Gasteiger partial charge on any atom is 0.355 e. The molecule has 1 aromatic carbocycles. The molecule has 1 heterocycles. The predicted octanol–water partition coefficient (Wildman–Crippen LogP) is 1.13. The van der Waals surface area contributed by atoms with Crippen LogP contribution in [0.5, 0.6) is 5.75 Å². The predicted molar refractivity (Wildman–Crippen MR) is 68.7 cm³/mol. The Morgan fingerprint density at radius 3 is 2.63 bits per heavy atom. The molecule has 1 N–H and O–H groups in total. The van der Waals surface area contributed by atoms with Gasteiger partial charge >= 0.3 is 5.97 Å². The molecule has 0 aromatic heterocycles.